The molecule has 0 fully saturated rings. The SMILES string of the molecule is OC(CC(F)(F)C(F)(F)C(F)(F)C(F)(F)C(F)(F)C(F)(F)C(F)(F)C(F)(F)C(F)(F)C(F)(F)F)c1ccccc1. The van der Waals surface area contributed by atoms with Gasteiger partial charge in [-0.1, -0.05) is 30.3 Å². The first-order chi connectivity index (χ1) is 17.2. The Hall–Kier alpha value is -2.29. The standard InChI is InChI=1S/C18H9F21O/c19-9(20,6-8(40)7-4-2-1-3-5-7)10(21,22)11(23,24)12(25,26)13(27,28)14(29,30)15(31,32)16(33,34)17(35,36)18(37,38)39/h1-5,8,40H,6H2. The van der Waals surface area contributed by atoms with Crippen LogP contribution in [0.3, 0.4) is 0 Å². The van der Waals surface area contributed by atoms with Gasteiger partial charge in [0, 0.05) is 6.42 Å². The summed E-state index contributed by atoms with van der Waals surface area (Å²) >= 11 is 0. The predicted molar refractivity (Wildman–Crippen MR) is 86.6 cm³/mol. The van der Waals surface area contributed by atoms with Gasteiger partial charge in [0.2, 0.25) is 0 Å². The summed E-state index contributed by atoms with van der Waals surface area (Å²) in [5.74, 6) is -77.5. The Balaban J connectivity index is 3.68. The first kappa shape index (κ1) is 35.7. The van der Waals surface area contributed by atoms with E-state index in [2.05, 4.69) is 0 Å². The molecule has 1 rings (SSSR count). The van der Waals surface area contributed by atoms with Gasteiger partial charge in [-0.2, -0.15) is 92.2 Å². The van der Waals surface area contributed by atoms with E-state index in [4.69, 9.17) is 0 Å². The summed E-state index contributed by atoms with van der Waals surface area (Å²) in [6.45, 7) is 0. The lowest BCUT2D eigenvalue weighted by Gasteiger charge is -2.44. The molecule has 0 aliphatic rings. The molecule has 0 aliphatic carbocycles. The molecule has 0 amide bonds. The number of hydrogen-bond acceptors (Lipinski definition) is 1. The molecule has 0 bridgehead atoms. The molecule has 0 saturated carbocycles. The average Bonchev–Trinajstić information content (AvgIpc) is 2.77. The third-order valence-electron chi connectivity index (χ3n) is 5.21. The number of rotatable bonds is 11. The number of benzene rings is 1. The van der Waals surface area contributed by atoms with E-state index < -0.39 is 77.6 Å². The minimum absolute atomic E-state index is 0.624. The van der Waals surface area contributed by atoms with Gasteiger partial charge in [0.25, 0.3) is 0 Å². The lowest BCUT2D eigenvalue weighted by Crippen LogP contribution is -2.76. The van der Waals surface area contributed by atoms with Crippen molar-refractivity contribution in [1.82, 2.24) is 0 Å². The molecular formula is C18H9F21O. The van der Waals surface area contributed by atoms with Gasteiger partial charge in [0.15, 0.2) is 0 Å². The van der Waals surface area contributed by atoms with Crippen molar-refractivity contribution in [3.8, 4) is 0 Å². The number of halogens is 21. The van der Waals surface area contributed by atoms with Gasteiger partial charge in [-0.05, 0) is 5.56 Å². The minimum atomic E-state index is -9.21. The second-order valence-electron chi connectivity index (χ2n) is 7.93. The highest BCUT2D eigenvalue weighted by Crippen LogP contribution is 2.66. The molecule has 1 aromatic carbocycles. The first-order valence-corrected chi connectivity index (χ1v) is 9.44. The van der Waals surface area contributed by atoms with Crippen molar-refractivity contribution in [3.05, 3.63) is 35.9 Å². The largest absolute Gasteiger partial charge is 0.460 e. The summed E-state index contributed by atoms with van der Waals surface area (Å²) in [5, 5.41) is 9.46. The van der Waals surface area contributed by atoms with Crippen molar-refractivity contribution < 1.29 is 97.3 Å². The molecule has 0 heterocycles. The van der Waals surface area contributed by atoms with Crippen LogP contribution in [0.25, 0.3) is 0 Å². The summed E-state index contributed by atoms with van der Waals surface area (Å²) in [6.07, 6.45) is -14.1. The quantitative estimate of drug-likeness (QED) is 0.241. The third-order valence-corrected chi connectivity index (χ3v) is 5.21. The third kappa shape index (κ3) is 4.70. The van der Waals surface area contributed by atoms with Crippen molar-refractivity contribution in [2.75, 3.05) is 0 Å². The lowest BCUT2D eigenvalue weighted by atomic mass is 9.85. The number of aliphatic hydroxyl groups excluding tert-OH is 1. The fourth-order valence-corrected chi connectivity index (χ4v) is 2.75. The smallest absolute Gasteiger partial charge is 0.388 e. The Morgan fingerprint density at radius 1 is 0.425 bits per heavy atom. The number of alkyl halides is 21. The van der Waals surface area contributed by atoms with Gasteiger partial charge >= 0.3 is 59.5 Å². The van der Waals surface area contributed by atoms with E-state index in [1.807, 2.05) is 0 Å². The molecule has 0 aliphatic heterocycles. The zero-order valence-electron chi connectivity index (χ0n) is 18.1. The summed E-state index contributed by atoms with van der Waals surface area (Å²) in [4.78, 5) is 0. The van der Waals surface area contributed by atoms with E-state index in [1.54, 1.807) is 0 Å². The zero-order chi connectivity index (χ0) is 32.4. The second kappa shape index (κ2) is 9.63. The minimum Gasteiger partial charge on any atom is -0.388 e. The Morgan fingerprint density at radius 2 is 0.700 bits per heavy atom. The Morgan fingerprint density at radius 3 is 1.00 bits per heavy atom. The highest BCUT2D eigenvalue weighted by atomic mass is 19.4. The van der Waals surface area contributed by atoms with Crippen LogP contribution in [0.15, 0.2) is 30.3 Å². The van der Waals surface area contributed by atoms with Gasteiger partial charge in [0.1, 0.15) is 0 Å². The summed E-state index contributed by atoms with van der Waals surface area (Å²) < 4.78 is 280. The van der Waals surface area contributed by atoms with Gasteiger partial charge in [0.05, 0.1) is 6.10 Å². The molecule has 1 unspecified atom stereocenters. The summed E-state index contributed by atoms with van der Waals surface area (Å²) in [5.41, 5.74) is -0.850. The fourth-order valence-electron chi connectivity index (χ4n) is 2.75. The van der Waals surface area contributed by atoms with Gasteiger partial charge in [-0.3, -0.25) is 0 Å². The van der Waals surface area contributed by atoms with Crippen molar-refractivity contribution >= 4 is 0 Å². The zero-order valence-corrected chi connectivity index (χ0v) is 18.1. The molecule has 40 heavy (non-hydrogen) atoms. The van der Waals surface area contributed by atoms with E-state index in [9.17, 15) is 97.3 Å². The monoisotopic (exact) mass is 640 g/mol. The summed E-state index contributed by atoms with van der Waals surface area (Å²) in [6, 6.07) is 4.11. The number of hydrogen-bond donors (Lipinski definition) is 1. The molecule has 0 saturated heterocycles. The second-order valence-corrected chi connectivity index (χ2v) is 7.93. The molecule has 0 radical (unpaired) electrons. The van der Waals surface area contributed by atoms with E-state index in [0.717, 1.165) is 18.2 Å². The fraction of sp³-hybridized carbons (Fsp3) is 0.667. The van der Waals surface area contributed by atoms with Crippen LogP contribution in [-0.4, -0.2) is 64.6 Å². The molecule has 1 aromatic rings. The molecule has 0 aromatic heterocycles. The molecule has 234 valence electrons. The Labute approximate surface area is 206 Å². The first-order valence-electron chi connectivity index (χ1n) is 9.44. The van der Waals surface area contributed by atoms with Gasteiger partial charge in [-0.25, -0.2) is 0 Å². The van der Waals surface area contributed by atoms with E-state index in [0.29, 0.717) is 12.1 Å². The predicted octanol–water partition coefficient (Wildman–Crippen LogP) is 8.39. The van der Waals surface area contributed by atoms with Crippen LogP contribution in [0, 0.1) is 0 Å². The molecule has 1 nitrogen and oxygen atoms in total. The number of aliphatic hydroxyl groups is 1. The molecular weight excluding hydrogens is 631 g/mol. The molecule has 1 N–H and O–H groups in total. The normalized spacial score (nSPS) is 16.8. The summed E-state index contributed by atoms with van der Waals surface area (Å²) in [7, 11) is 0. The lowest BCUT2D eigenvalue weighted by molar-refractivity contribution is -0.474. The maximum atomic E-state index is 13.9. The van der Waals surface area contributed by atoms with Crippen LogP contribution < -0.4 is 0 Å². The van der Waals surface area contributed by atoms with E-state index in [-0.39, 0.29) is 0 Å². The van der Waals surface area contributed by atoms with Crippen molar-refractivity contribution in [1.29, 1.82) is 0 Å². The maximum Gasteiger partial charge on any atom is 0.460 e. The van der Waals surface area contributed by atoms with Crippen LogP contribution in [0.1, 0.15) is 18.1 Å². The van der Waals surface area contributed by atoms with Gasteiger partial charge < -0.3 is 5.11 Å². The van der Waals surface area contributed by atoms with Crippen molar-refractivity contribution in [3.63, 3.8) is 0 Å². The highest BCUT2D eigenvalue weighted by molar-refractivity contribution is 5.20. The Bertz CT molecular complexity index is 1030. The average molecular weight is 640 g/mol. The maximum absolute atomic E-state index is 13.9. The van der Waals surface area contributed by atoms with Crippen LogP contribution in [0.2, 0.25) is 0 Å². The topological polar surface area (TPSA) is 20.2 Å². The van der Waals surface area contributed by atoms with Crippen LogP contribution >= 0.6 is 0 Å². The van der Waals surface area contributed by atoms with Crippen LogP contribution in [-0.2, 0) is 0 Å². The van der Waals surface area contributed by atoms with Crippen LogP contribution in [0.4, 0.5) is 92.2 Å². The molecule has 22 heteroatoms. The van der Waals surface area contributed by atoms with Gasteiger partial charge in [-0.15, -0.1) is 0 Å². The molecule has 0 spiro atoms. The van der Waals surface area contributed by atoms with E-state index in [1.165, 1.54) is 0 Å². The molecule has 1 atom stereocenters. The van der Waals surface area contributed by atoms with Crippen LogP contribution in [0.5, 0.6) is 0 Å². The van der Waals surface area contributed by atoms with Crippen molar-refractivity contribution in [2.24, 2.45) is 0 Å². The Kier molecular flexibility index (Phi) is 8.61. The van der Waals surface area contributed by atoms with E-state index >= 15 is 0 Å². The highest BCUT2D eigenvalue weighted by Gasteiger charge is 2.97. The van der Waals surface area contributed by atoms with Crippen molar-refractivity contribution in [2.45, 2.75) is 72.0 Å².